The molecule has 0 unspecified atom stereocenters. The number of carbonyl (C=O) groups excluding carboxylic acids is 1. The number of hydrogen-bond acceptors (Lipinski definition) is 8. The topological polar surface area (TPSA) is 115 Å². The SMILES string of the molecule is CC(=O)c1ccc(-n2cnc3ccc(N/C(N)=C/C=C(/C)N)cc32)nc1N1CCCS1. The molecule has 0 spiro atoms. The number of nitrogens with two attached hydrogens (primary N) is 2. The van der Waals surface area contributed by atoms with Gasteiger partial charge in [0.05, 0.1) is 16.6 Å². The number of nitrogens with one attached hydrogen (secondary N) is 1. The average Bonchev–Trinajstić information content (AvgIpc) is 3.41. The number of Topliss-reactive ketones (excluding diaryl/α,β-unsaturated/α-hetero) is 1. The maximum atomic E-state index is 12.1. The second-order valence-electron chi connectivity index (χ2n) is 7.36. The second-order valence-corrected chi connectivity index (χ2v) is 8.47. The Balaban J connectivity index is 1.72. The monoisotopic (exact) mass is 435 g/mol. The molecule has 0 amide bonds. The van der Waals surface area contributed by atoms with Crippen LogP contribution in [0.15, 0.2) is 60.3 Å². The van der Waals surface area contributed by atoms with Gasteiger partial charge < -0.3 is 16.8 Å². The van der Waals surface area contributed by atoms with Gasteiger partial charge in [-0.25, -0.2) is 9.97 Å². The van der Waals surface area contributed by atoms with Crippen molar-refractivity contribution in [1.29, 1.82) is 0 Å². The number of ketones is 1. The quantitative estimate of drug-likeness (QED) is 0.306. The maximum absolute atomic E-state index is 12.1. The van der Waals surface area contributed by atoms with E-state index < -0.39 is 0 Å². The van der Waals surface area contributed by atoms with Gasteiger partial charge in [0.25, 0.3) is 0 Å². The lowest BCUT2D eigenvalue weighted by molar-refractivity contribution is 0.101. The van der Waals surface area contributed by atoms with Crippen molar-refractivity contribution < 1.29 is 4.79 Å². The molecular formula is C22H25N7OS. The summed E-state index contributed by atoms with van der Waals surface area (Å²) < 4.78 is 4.02. The van der Waals surface area contributed by atoms with Crippen LogP contribution in [0.1, 0.15) is 30.6 Å². The summed E-state index contributed by atoms with van der Waals surface area (Å²) in [4.78, 5) is 21.5. The highest BCUT2D eigenvalue weighted by molar-refractivity contribution is 8.00. The summed E-state index contributed by atoms with van der Waals surface area (Å²) >= 11 is 1.70. The van der Waals surface area contributed by atoms with Gasteiger partial charge in [-0.05, 0) is 74.7 Å². The third-order valence-corrected chi connectivity index (χ3v) is 5.98. The third kappa shape index (κ3) is 4.51. The first kappa shape index (κ1) is 20.8. The zero-order valence-electron chi connectivity index (χ0n) is 17.5. The van der Waals surface area contributed by atoms with Crippen molar-refractivity contribution in [3.05, 3.63) is 65.9 Å². The Morgan fingerprint density at radius 3 is 2.74 bits per heavy atom. The Kier molecular flexibility index (Phi) is 5.85. The predicted molar refractivity (Wildman–Crippen MR) is 127 cm³/mol. The first-order valence-electron chi connectivity index (χ1n) is 9.99. The van der Waals surface area contributed by atoms with Gasteiger partial charge >= 0.3 is 0 Å². The van der Waals surface area contributed by atoms with Crippen molar-refractivity contribution in [2.45, 2.75) is 20.3 Å². The van der Waals surface area contributed by atoms with Crippen molar-refractivity contribution >= 4 is 40.3 Å². The van der Waals surface area contributed by atoms with Gasteiger partial charge in [-0.1, -0.05) is 0 Å². The van der Waals surface area contributed by atoms with Crippen LogP contribution in [0, 0.1) is 0 Å². The molecule has 3 heterocycles. The summed E-state index contributed by atoms with van der Waals surface area (Å²) in [6, 6.07) is 9.50. The number of aromatic nitrogens is 3. The van der Waals surface area contributed by atoms with Gasteiger partial charge in [-0.3, -0.25) is 13.7 Å². The zero-order chi connectivity index (χ0) is 22.0. The minimum atomic E-state index is 0.00699. The molecule has 1 fully saturated rings. The zero-order valence-corrected chi connectivity index (χ0v) is 18.3. The minimum Gasteiger partial charge on any atom is -0.402 e. The van der Waals surface area contributed by atoms with Gasteiger partial charge in [0.2, 0.25) is 0 Å². The van der Waals surface area contributed by atoms with Crippen LogP contribution in [0.3, 0.4) is 0 Å². The molecule has 5 N–H and O–H groups in total. The van der Waals surface area contributed by atoms with Crippen molar-refractivity contribution in [3.63, 3.8) is 0 Å². The number of hydrogen-bond donors (Lipinski definition) is 3. The molecule has 3 aromatic rings. The van der Waals surface area contributed by atoms with E-state index in [-0.39, 0.29) is 5.78 Å². The van der Waals surface area contributed by atoms with Crippen LogP contribution in [0.5, 0.6) is 0 Å². The fourth-order valence-corrected chi connectivity index (χ4v) is 4.35. The lowest BCUT2D eigenvalue weighted by Crippen LogP contribution is -2.16. The molecule has 0 atom stereocenters. The van der Waals surface area contributed by atoms with Gasteiger partial charge in [0, 0.05) is 23.7 Å². The summed E-state index contributed by atoms with van der Waals surface area (Å²) in [6.07, 6.45) is 6.28. The lowest BCUT2D eigenvalue weighted by atomic mass is 10.2. The van der Waals surface area contributed by atoms with Gasteiger partial charge in [-0.15, -0.1) is 0 Å². The standard InChI is InChI=1S/C22H25N7OS/c1-14(23)4-8-20(24)26-16-5-7-18-19(12-16)28(13-25-18)21-9-6-17(15(2)30)22(27-21)29-10-3-11-31-29/h4-9,12-13,26H,3,10-11,23-24H2,1-2H3/b14-4-,20-8+. The molecule has 1 saturated heterocycles. The molecule has 0 saturated carbocycles. The number of benzene rings is 1. The number of anilines is 2. The van der Waals surface area contributed by atoms with E-state index in [1.54, 1.807) is 44.3 Å². The van der Waals surface area contributed by atoms with E-state index in [9.17, 15) is 4.79 Å². The molecular weight excluding hydrogens is 410 g/mol. The third-order valence-electron chi connectivity index (χ3n) is 4.84. The predicted octanol–water partition coefficient (Wildman–Crippen LogP) is 3.56. The number of allylic oxidation sites excluding steroid dienone is 3. The molecule has 1 aromatic carbocycles. The van der Waals surface area contributed by atoms with E-state index in [2.05, 4.69) is 14.6 Å². The van der Waals surface area contributed by atoms with Gasteiger partial charge in [-0.2, -0.15) is 0 Å². The van der Waals surface area contributed by atoms with Gasteiger partial charge in [0.15, 0.2) is 11.6 Å². The molecule has 160 valence electrons. The highest BCUT2D eigenvalue weighted by atomic mass is 32.2. The number of nitrogens with zero attached hydrogens (tertiary/aromatic N) is 4. The van der Waals surface area contributed by atoms with E-state index in [4.69, 9.17) is 16.5 Å². The summed E-state index contributed by atoms with van der Waals surface area (Å²) in [6.45, 7) is 4.25. The molecule has 4 rings (SSSR count). The van der Waals surface area contributed by atoms with Gasteiger partial charge in [0.1, 0.15) is 18.0 Å². The van der Waals surface area contributed by atoms with Crippen LogP contribution in [-0.4, -0.2) is 32.6 Å². The first-order valence-corrected chi connectivity index (χ1v) is 10.9. The summed E-state index contributed by atoms with van der Waals surface area (Å²) in [5.74, 6) is 2.93. The van der Waals surface area contributed by atoms with Crippen molar-refractivity contribution in [2.75, 3.05) is 21.9 Å². The summed E-state index contributed by atoms with van der Waals surface area (Å²) in [7, 11) is 0. The molecule has 9 heteroatoms. The normalized spacial score (nSPS) is 15.0. The van der Waals surface area contributed by atoms with E-state index in [0.29, 0.717) is 28.7 Å². The lowest BCUT2D eigenvalue weighted by Gasteiger charge is -2.19. The highest BCUT2D eigenvalue weighted by Crippen LogP contribution is 2.31. The Bertz CT molecular complexity index is 1190. The van der Waals surface area contributed by atoms with Crippen molar-refractivity contribution in [1.82, 2.24) is 14.5 Å². The van der Waals surface area contributed by atoms with Crippen LogP contribution >= 0.6 is 11.9 Å². The van der Waals surface area contributed by atoms with Crippen LogP contribution < -0.4 is 21.1 Å². The highest BCUT2D eigenvalue weighted by Gasteiger charge is 2.21. The smallest absolute Gasteiger partial charge is 0.163 e. The fraction of sp³-hybridized carbons (Fsp3) is 0.227. The van der Waals surface area contributed by atoms with Crippen LogP contribution in [0.2, 0.25) is 0 Å². The van der Waals surface area contributed by atoms with E-state index in [1.165, 1.54) is 0 Å². The second kappa shape index (κ2) is 8.73. The first-order chi connectivity index (χ1) is 14.9. The number of fused-ring (bicyclic) bond motifs is 1. The molecule has 0 bridgehead atoms. The molecule has 0 aliphatic carbocycles. The summed E-state index contributed by atoms with van der Waals surface area (Å²) in [5, 5.41) is 3.16. The van der Waals surface area contributed by atoms with E-state index >= 15 is 0 Å². The number of rotatable bonds is 6. The molecule has 31 heavy (non-hydrogen) atoms. The fourth-order valence-electron chi connectivity index (χ4n) is 3.35. The largest absolute Gasteiger partial charge is 0.402 e. The average molecular weight is 436 g/mol. The Morgan fingerprint density at radius 2 is 2.03 bits per heavy atom. The Morgan fingerprint density at radius 1 is 1.19 bits per heavy atom. The Hall–Kier alpha value is -3.46. The molecule has 1 aliphatic rings. The summed E-state index contributed by atoms with van der Waals surface area (Å²) in [5.41, 5.74) is 15.5. The van der Waals surface area contributed by atoms with Crippen LogP contribution in [0.25, 0.3) is 16.9 Å². The van der Waals surface area contributed by atoms with E-state index in [0.717, 1.165) is 35.4 Å². The Labute approximate surface area is 185 Å². The van der Waals surface area contributed by atoms with Crippen molar-refractivity contribution in [3.8, 4) is 5.82 Å². The molecule has 1 aliphatic heterocycles. The molecule has 0 radical (unpaired) electrons. The minimum absolute atomic E-state index is 0.00699. The number of pyridine rings is 1. The maximum Gasteiger partial charge on any atom is 0.163 e. The number of carbonyl (C=O) groups is 1. The van der Waals surface area contributed by atoms with E-state index in [1.807, 2.05) is 34.9 Å². The number of imidazole rings is 1. The van der Waals surface area contributed by atoms with Crippen LogP contribution in [-0.2, 0) is 0 Å². The molecule has 8 nitrogen and oxygen atoms in total. The molecule has 2 aromatic heterocycles. The van der Waals surface area contributed by atoms with Crippen LogP contribution in [0.4, 0.5) is 11.5 Å². The van der Waals surface area contributed by atoms with Crippen molar-refractivity contribution in [2.24, 2.45) is 11.5 Å².